The lowest BCUT2D eigenvalue weighted by Crippen LogP contribution is -2.03. The quantitative estimate of drug-likeness (QED) is 0.565. The highest BCUT2D eigenvalue weighted by molar-refractivity contribution is 5.87. The molecule has 0 aliphatic rings. The maximum Gasteiger partial charge on any atom is 0.326 e. The minimum absolute atomic E-state index is 0.0562. The van der Waals surface area contributed by atoms with E-state index in [2.05, 4.69) is 0 Å². The number of nitrogens with zero attached hydrogens (tertiary/aromatic N) is 1. The number of hydrogen-bond donors (Lipinski definition) is 0. The number of nitro benzene ring substituents is 1. The van der Waals surface area contributed by atoms with Crippen molar-refractivity contribution < 1.29 is 23.9 Å². The normalized spacial score (nSPS) is 9.59. The Morgan fingerprint density at radius 1 is 1.18 bits per heavy atom. The molecule has 91 valence electrons. The van der Waals surface area contributed by atoms with Crippen molar-refractivity contribution in [3.63, 3.8) is 0 Å². The van der Waals surface area contributed by atoms with Gasteiger partial charge in [0.15, 0.2) is 5.75 Å². The lowest BCUT2D eigenvalue weighted by Gasteiger charge is -2.12. The van der Waals surface area contributed by atoms with Crippen LogP contribution in [-0.2, 0) is 4.79 Å². The van der Waals surface area contributed by atoms with Crippen molar-refractivity contribution >= 4 is 12.0 Å². The standard InChI is InChI=1S/C10H10NO6/c1-15-7-4-6(5-12)8(11(13)14)10(17-3)9(7)16-2/h4H,1-3H3. The minimum Gasteiger partial charge on any atom is -0.493 e. The highest BCUT2D eigenvalue weighted by atomic mass is 16.6. The fourth-order valence-corrected chi connectivity index (χ4v) is 1.40. The highest BCUT2D eigenvalue weighted by Gasteiger charge is 2.29. The van der Waals surface area contributed by atoms with E-state index in [1.54, 1.807) is 0 Å². The summed E-state index contributed by atoms with van der Waals surface area (Å²) in [4.78, 5) is 20.8. The summed E-state index contributed by atoms with van der Waals surface area (Å²) in [5.41, 5.74) is -0.760. The predicted molar refractivity (Wildman–Crippen MR) is 57.5 cm³/mol. The molecule has 0 bridgehead atoms. The second-order valence-electron chi connectivity index (χ2n) is 2.90. The third-order valence-electron chi connectivity index (χ3n) is 2.10. The van der Waals surface area contributed by atoms with Crippen molar-refractivity contribution in [1.29, 1.82) is 0 Å². The Bertz CT molecular complexity index is 457. The Balaban J connectivity index is 3.67. The zero-order chi connectivity index (χ0) is 13.0. The van der Waals surface area contributed by atoms with Gasteiger partial charge in [-0.05, 0) is 0 Å². The van der Waals surface area contributed by atoms with E-state index in [-0.39, 0.29) is 22.8 Å². The van der Waals surface area contributed by atoms with Crippen LogP contribution in [-0.4, -0.2) is 32.5 Å². The summed E-state index contributed by atoms with van der Waals surface area (Å²) in [6, 6.07) is 1.17. The van der Waals surface area contributed by atoms with Crippen LogP contribution in [0.3, 0.4) is 0 Å². The molecule has 1 rings (SSSR count). The first-order valence-electron chi connectivity index (χ1n) is 4.46. The van der Waals surface area contributed by atoms with Gasteiger partial charge in [-0.2, -0.15) is 0 Å². The molecule has 0 aromatic heterocycles. The van der Waals surface area contributed by atoms with Crippen LogP contribution in [0.2, 0.25) is 0 Å². The van der Waals surface area contributed by atoms with Crippen LogP contribution in [0.25, 0.3) is 0 Å². The van der Waals surface area contributed by atoms with Crippen LogP contribution >= 0.6 is 0 Å². The van der Waals surface area contributed by atoms with Crippen molar-refractivity contribution in [3.05, 3.63) is 21.7 Å². The highest BCUT2D eigenvalue weighted by Crippen LogP contribution is 2.45. The minimum atomic E-state index is -0.735. The maximum atomic E-state index is 10.9. The second-order valence-corrected chi connectivity index (χ2v) is 2.90. The Morgan fingerprint density at radius 2 is 1.76 bits per heavy atom. The first kappa shape index (κ1) is 12.8. The molecular weight excluding hydrogens is 230 g/mol. The molecule has 0 saturated carbocycles. The van der Waals surface area contributed by atoms with Gasteiger partial charge in [0.25, 0.3) is 0 Å². The zero-order valence-electron chi connectivity index (χ0n) is 9.47. The molecule has 0 unspecified atom stereocenters. The summed E-state index contributed by atoms with van der Waals surface area (Å²) in [6.07, 6.45) is 1.47. The van der Waals surface area contributed by atoms with Crippen molar-refractivity contribution in [3.8, 4) is 17.2 Å². The number of rotatable bonds is 5. The molecule has 1 aromatic carbocycles. The Morgan fingerprint density at radius 3 is 2.12 bits per heavy atom. The third-order valence-corrected chi connectivity index (χ3v) is 2.10. The summed E-state index contributed by atoms with van der Waals surface area (Å²) in [5.74, 6) is 0.0456. The molecule has 0 N–H and O–H groups in total. The number of nitro groups is 1. The van der Waals surface area contributed by atoms with Gasteiger partial charge in [0.1, 0.15) is 5.56 Å². The molecule has 0 saturated heterocycles. The molecule has 0 amide bonds. The molecule has 17 heavy (non-hydrogen) atoms. The van der Waals surface area contributed by atoms with Crippen molar-refractivity contribution in [1.82, 2.24) is 0 Å². The average molecular weight is 240 g/mol. The molecular formula is C10H10NO6. The van der Waals surface area contributed by atoms with Crippen LogP contribution in [0.1, 0.15) is 5.56 Å². The van der Waals surface area contributed by atoms with E-state index in [0.29, 0.717) is 0 Å². The first-order valence-corrected chi connectivity index (χ1v) is 4.46. The fraction of sp³-hybridized carbons (Fsp3) is 0.300. The van der Waals surface area contributed by atoms with Gasteiger partial charge < -0.3 is 14.2 Å². The average Bonchev–Trinajstić information content (AvgIpc) is 2.35. The molecule has 1 aromatic rings. The Hall–Kier alpha value is -2.31. The van der Waals surface area contributed by atoms with E-state index < -0.39 is 10.6 Å². The maximum absolute atomic E-state index is 10.9. The number of ether oxygens (including phenoxy) is 3. The van der Waals surface area contributed by atoms with Crippen LogP contribution in [0, 0.1) is 10.1 Å². The summed E-state index contributed by atoms with van der Waals surface area (Å²) >= 11 is 0. The van der Waals surface area contributed by atoms with E-state index in [0.717, 1.165) is 0 Å². The number of carbonyl (C=O) groups excluding carboxylic acids is 1. The monoisotopic (exact) mass is 240 g/mol. The van der Waals surface area contributed by atoms with Crippen LogP contribution in [0.4, 0.5) is 5.69 Å². The fourth-order valence-electron chi connectivity index (χ4n) is 1.40. The van der Waals surface area contributed by atoms with Crippen molar-refractivity contribution in [2.75, 3.05) is 21.3 Å². The Kier molecular flexibility index (Phi) is 3.86. The summed E-state index contributed by atoms with van der Waals surface area (Å²) < 4.78 is 14.8. The van der Waals surface area contributed by atoms with Gasteiger partial charge in [-0.25, -0.2) is 0 Å². The Labute approximate surface area is 97.0 Å². The number of benzene rings is 1. The smallest absolute Gasteiger partial charge is 0.326 e. The third kappa shape index (κ3) is 2.12. The van der Waals surface area contributed by atoms with Crippen molar-refractivity contribution in [2.45, 2.75) is 0 Å². The van der Waals surface area contributed by atoms with E-state index in [1.165, 1.54) is 33.7 Å². The van der Waals surface area contributed by atoms with E-state index in [4.69, 9.17) is 14.2 Å². The van der Waals surface area contributed by atoms with Crippen LogP contribution in [0.5, 0.6) is 17.2 Å². The lowest BCUT2D eigenvalue weighted by molar-refractivity contribution is -0.386. The van der Waals surface area contributed by atoms with Crippen LogP contribution < -0.4 is 14.2 Å². The van der Waals surface area contributed by atoms with Gasteiger partial charge in [-0.3, -0.25) is 14.9 Å². The SMILES string of the molecule is COc1cc([C]=O)c([N+](=O)[O-])c(OC)c1OC. The number of methoxy groups -OCH3 is 3. The zero-order valence-corrected chi connectivity index (χ0v) is 9.47. The molecule has 0 aliphatic carbocycles. The van der Waals surface area contributed by atoms with Crippen molar-refractivity contribution in [2.24, 2.45) is 0 Å². The van der Waals surface area contributed by atoms with Gasteiger partial charge in [0.05, 0.1) is 26.3 Å². The molecule has 7 heteroatoms. The predicted octanol–water partition coefficient (Wildman–Crippen LogP) is 1.08. The molecule has 0 spiro atoms. The van der Waals surface area contributed by atoms with E-state index in [1.807, 2.05) is 0 Å². The van der Waals surface area contributed by atoms with E-state index >= 15 is 0 Å². The number of hydrogen-bond acceptors (Lipinski definition) is 6. The van der Waals surface area contributed by atoms with Crippen LogP contribution in [0.15, 0.2) is 6.07 Å². The van der Waals surface area contributed by atoms with E-state index in [9.17, 15) is 14.9 Å². The summed E-state index contributed by atoms with van der Waals surface area (Å²) in [5, 5.41) is 10.9. The lowest BCUT2D eigenvalue weighted by atomic mass is 10.1. The van der Waals surface area contributed by atoms with Gasteiger partial charge in [-0.1, -0.05) is 0 Å². The van der Waals surface area contributed by atoms with Gasteiger partial charge in [0, 0.05) is 6.07 Å². The first-order chi connectivity index (χ1) is 8.10. The topological polar surface area (TPSA) is 87.9 Å². The largest absolute Gasteiger partial charge is 0.493 e. The van der Waals surface area contributed by atoms with Gasteiger partial charge in [-0.15, -0.1) is 0 Å². The summed E-state index contributed by atoms with van der Waals surface area (Å²) in [7, 11) is 3.89. The second kappa shape index (κ2) is 5.15. The molecule has 0 atom stereocenters. The van der Waals surface area contributed by atoms with Gasteiger partial charge >= 0.3 is 5.69 Å². The molecule has 0 fully saturated rings. The molecule has 0 heterocycles. The summed E-state index contributed by atoms with van der Waals surface area (Å²) in [6.45, 7) is 0. The molecule has 0 aliphatic heterocycles. The molecule has 7 nitrogen and oxygen atoms in total. The molecule has 1 radical (unpaired) electrons. The van der Waals surface area contributed by atoms with Gasteiger partial charge in [0.2, 0.25) is 17.8 Å².